The van der Waals surface area contributed by atoms with Crippen molar-refractivity contribution in [1.29, 1.82) is 0 Å². The largest absolute Gasteiger partial charge is 0.263 e. The Bertz CT molecular complexity index is 732. The Balaban J connectivity index is 2.29. The van der Waals surface area contributed by atoms with Crippen LogP contribution < -0.4 is 0 Å². The molecule has 20 heavy (non-hydrogen) atoms. The predicted molar refractivity (Wildman–Crippen MR) is 71.2 cm³/mol. The average molecular weight is 319 g/mol. The van der Waals surface area contributed by atoms with Gasteiger partial charge in [0.2, 0.25) is 10.0 Å². The first-order chi connectivity index (χ1) is 9.30. The van der Waals surface area contributed by atoms with Crippen molar-refractivity contribution in [1.82, 2.24) is 19.5 Å². The third kappa shape index (κ3) is 2.97. The van der Waals surface area contributed by atoms with Gasteiger partial charge in [0.25, 0.3) is 0 Å². The molecular weight excluding hydrogens is 307 g/mol. The number of nitrogens with one attached hydrogen (secondary N) is 1. The summed E-state index contributed by atoms with van der Waals surface area (Å²) in [7, 11) is -2.64. The molecule has 2 aromatic rings. The molecule has 0 fully saturated rings. The van der Waals surface area contributed by atoms with Crippen molar-refractivity contribution < 1.29 is 12.8 Å². The summed E-state index contributed by atoms with van der Waals surface area (Å²) in [5.74, 6) is -0.0121. The summed E-state index contributed by atoms with van der Waals surface area (Å²) in [6.07, 6.45) is 0. The van der Waals surface area contributed by atoms with Crippen LogP contribution in [-0.2, 0) is 16.6 Å². The van der Waals surface area contributed by atoms with E-state index in [9.17, 15) is 12.8 Å². The Morgan fingerprint density at radius 1 is 1.45 bits per heavy atom. The highest BCUT2D eigenvalue weighted by Gasteiger charge is 2.25. The van der Waals surface area contributed by atoms with E-state index in [4.69, 9.17) is 11.6 Å². The third-order valence-corrected chi connectivity index (χ3v) is 4.66. The summed E-state index contributed by atoms with van der Waals surface area (Å²) in [4.78, 5) is 3.57. The Kier molecular flexibility index (Phi) is 4.07. The second kappa shape index (κ2) is 5.47. The quantitative estimate of drug-likeness (QED) is 0.931. The molecule has 6 nitrogen and oxygen atoms in total. The monoisotopic (exact) mass is 318 g/mol. The molecule has 0 unspecified atom stereocenters. The maximum absolute atomic E-state index is 13.7. The highest BCUT2D eigenvalue weighted by atomic mass is 35.5. The standard InChI is InChI=1S/C11H12ClFN4O2S/c1-7-14-11(16-15-7)6-17(2)20(18,19)10-4-3-8(12)5-9(10)13/h3-5H,6H2,1-2H3,(H,14,15,16). The maximum Gasteiger partial charge on any atom is 0.246 e. The number of aryl methyl sites for hydroxylation is 1. The SMILES string of the molecule is Cc1nc(CN(C)S(=O)(=O)c2ccc(Cl)cc2F)n[nH]1. The molecule has 1 aromatic heterocycles. The van der Waals surface area contributed by atoms with E-state index >= 15 is 0 Å². The van der Waals surface area contributed by atoms with Crippen LogP contribution in [-0.4, -0.2) is 35.0 Å². The lowest BCUT2D eigenvalue weighted by atomic mass is 10.3. The number of aromatic nitrogens is 3. The van der Waals surface area contributed by atoms with Crippen LogP contribution in [0.1, 0.15) is 11.6 Å². The van der Waals surface area contributed by atoms with Gasteiger partial charge < -0.3 is 0 Å². The second-order valence-corrected chi connectivity index (χ2v) is 6.62. The van der Waals surface area contributed by atoms with Gasteiger partial charge in [0.05, 0.1) is 6.54 Å². The Labute approximate surface area is 120 Å². The van der Waals surface area contributed by atoms with Crippen LogP contribution >= 0.6 is 11.6 Å². The number of rotatable bonds is 4. The number of halogens is 2. The number of benzene rings is 1. The van der Waals surface area contributed by atoms with Crippen molar-refractivity contribution >= 4 is 21.6 Å². The zero-order valence-electron chi connectivity index (χ0n) is 10.8. The lowest BCUT2D eigenvalue weighted by Gasteiger charge is -2.16. The predicted octanol–water partition coefficient (Wildman–Crippen LogP) is 1.73. The van der Waals surface area contributed by atoms with Gasteiger partial charge in [0.15, 0.2) is 5.82 Å². The van der Waals surface area contributed by atoms with E-state index in [0.29, 0.717) is 11.6 Å². The molecule has 0 aliphatic carbocycles. The van der Waals surface area contributed by atoms with Crippen LogP contribution in [0.15, 0.2) is 23.1 Å². The smallest absolute Gasteiger partial charge is 0.246 e. The Morgan fingerprint density at radius 3 is 2.70 bits per heavy atom. The lowest BCUT2D eigenvalue weighted by Crippen LogP contribution is -2.27. The number of aromatic amines is 1. The highest BCUT2D eigenvalue weighted by Crippen LogP contribution is 2.22. The first-order valence-corrected chi connectivity index (χ1v) is 7.42. The molecule has 0 saturated heterocycles. The normalized spacial score (nSPS) is 12.1. The molecule has 0 atom stereocenters. The molecule has 0 radical (unpaired) electrons. The number of H-pyrrole nitrogens is 1. The van der Waals surface area contributed by atoms with Gasteiger partial charge in [-0.1, -0.05) is 11.6 Å². The van der Waals surface area contributed by atoms with Crippen LogP contribution in [0.2, 0.25) is 5.02 Å². The minimum atomic E-state index is -3.97. The molecule has 1 aromatic carbocycles. The van der Waals surface area contributed by atoms with Gasteiger partial charge in [-0.15, -0.1) is 0 Å². The van der Waals surface area contributed by atoms with E-state index in [-0.39, 0.29) is 11.6 Å². The van der Waals surface area contributed by atoms with Crippen molar-refractivity contribution in [2.45, 2.75) is 18.4 Å². The van der Waals surface area contributed by atoms with Crippen molar-refractivity contribution in [2.75, 3.05) is 7.05 Å². The fourth-order valence-electron chi connectivity index (χ4n) is 1.60. The molecule has 0 aliphatic heterocycles. The van der Waals surface area contributed by atoms with E-state index < -0.39 is 20.7 Å². The molecule has 9 heteroatoms. The summed E-state index contributed by atoms with van der Waals surface area (Å²) < 4.78 is 39.2. The zero-order chi connectivity index (χ0) is 14.9. The van der Waals surface area contributed by atoms with Gasteiger partial charge in [-0.3, -0.25) is 5.10 Å². The molecule has 108 valence electrons. The Morgan fingerprint density at radius 2 is 2.15 bits per heavy atom. The van der Waals surface area contributed by atoms with E-state index in [2.05, 4.69) is 15.2 Å². The highest BCUT2D eigenvalue weighted by molar-refractivity contribution is 7.89. The second-order valence-electron chi connectivity index (χ2n) is 4.17. The van der Waals surface area contributed by atoms with E-state index in [1.54, 1.807) is 6.92 Å². The van der Waals surface area contributed by atoms with Crippen LogP contribution in [0.25, 0.3) is 0 Å². The van der Waals surface area contributed by atoms with E-state index in [1.807, 2.05) is 0 Å². The van der Waals surface area contributed by atoms with Crippen molar-refractivity contribution in [3.8, 4) is 0 Å². The molecule has 0 saturated carbocycles. The number of nitrogens with zero attached hydrogens (tertiary/aromatic N) is 3. The van der Waals surface area contributed by atoms with Gasteiger partial charge in [0.1, 0.15) is 16.5 Å². The number of sulfonamides is 1. The van der Waals surface area contributed by atoms with Gasteiger partial charge in [-0.05, 0) is 25.1 Å². The summed E-state index contributed by atoms with van der Waals surface area (Å²) in [5, 5.41) is 6.59. The Hall–Kier alpha value is -1.51. The van der Waals surface area contributed by atoms with E-state index in [0.717, 1.165) is 16.4 Å². The molecule has 1 N–H and O–H groups in total. The number of hydrogen-bond acceptors (Lipinski definition) is 4. The molecule has 1 heterocycles. The molecule has 0 aliphatic rings. The van der Waals surface area contributed by atoms with Gasteiger partial charge >= 0.3 is 0 Å². The van der Waals surface area contributed by atoms with Gasteiger partial charge in [-0.25, -0.2) is 17.8 Å². The minimum absolute atomic E-state index is 0.0608. The van der Waals surface area contributed by atoms with Gasteiger partial charge in [0, 0.05) is 12.1 Å². The molecule has 0 spiro atoms. The van der Waals surface area contributed by atoms with Crippen LogP contribution in [0.4, 0.5) is 4.39 Å². The summed E-state index contributed by atoms with van der Waals surface area (Å²) >= 11 is 5.61. The number of hydrogen-bond donors (Lipinski definition) is 1. The summed E-state index contributed by atoms with van der Waals surface area (Å²) in [5.41, 5.74) is 0. The average Bonchev–Trinajstić information content (AvgIpc) is 2.74. The fourth-order valence-corrected chi connectivity index (χ4v) is 2.92. The maximum atomic E-state index is 13.7. The van der Waals surface area contributed by atoms with Crippen LogP contribution in [0, 0.1) is 12.7 Å². The zero-order valence-corrected chi connectivity index (χ0v) is 12.3. The molecular formula is C11H12ClFN4O2S. The summed E-state index contributed by atoms with van der Waals surface area (Å²) in [6.45, 7) is 1.64. The fraction of sp³-hybridized carbons (Fsp3) is 0.273. The van der Waals surface area contributed by atoms with E-state index in [1.165, 1.54) is 13.1 Å². The molecule has 2 rings (SSSR count). The molecule has 0 amide bonds. The topological polar surface area (TPSA) is 79.0 Å². The van der Waals surface area contributed by atoms with Gasteiger partial charge in [-0.2, -0.15) is 9.40 Å². The third-order valence-electron chi connectivity index (χ3n) is 2.59. The summed E-state index contributed by atoms with van der Waals surface area (Å²) in [6, 6.07) is 3.41. The minimum Gasteiger partial charge on any atom is -0.263 e. The van der Waals surface area contributed by atoms with Crippen molar-refractivity contribution in [2.24, 2.45) is 0 Å². The van der Waals surface area contributed by atoms with Crippen molar-refractivity contribution in [3.05, 3.63) is 40.7 Å². The van der Waals surface area contributed by atoms with Crippen LogP contribution in [0.3, 0.4) is 0 Å². The van der Waals surface area contributed by atoms with Crippen molar-refractivity contribution in [3.63, 3.8) is 0 Å². The first-order valence-electron chi connectivity index (χ1n) is 5.60. The molecule has 0 bridgehead atoms. The van der Waals surface area contributed by atoms with Crippen LogP contribution in [0.5, 0.6) is 0 Å². The first kappa shape index (κ1) is 14.9. The lowest BCUT2D eigenvalue weighted by molar-refractivity contribution is 0.451.